The van der Waals surface area contributed by atoms with Crippen LogP contribution in [0.1, 0.15) is 19.3 Å². The lowest BCUT2D eigenvalue weighted by Crippen LogP contribution is -1.98. The fraction of sp³-hybridized carbons (Fsp3) is 0.273. The molecule has 0 saturated carbocycles. The summed E-state index contributed by atoms with van der Waals surface area (Å²) in [5.41, 5.74) is 0. The van der Waals surface area contributed by atoms with Crippen molar-refractivity contribution in [3.05, 3.63) is 36.4 Å². The Kier molecular flexibility index (Phi) is 7.67. The Morgan fingerprint density at radius 2 is 1.00 bits per heavy atom. The summed E-state index contributed by atoms with van der Waals surface area (Å²) in [6.07, 6.45) is 0.0866. The number of carboxylic acid groups (broad SMARTS) is 2. The van der Waals surface area contributed by atoms with Gasteiger partial charge in [0.2, 0.25) is 0 Å². The van der Waals surface area contributed by atoms with E-state index in [1.807, 2.05) is 36.4 Å². The van der Waals surface area contributed by atoms with Crippen LogP contribution in [-0.2, 0) is 9.59 Å². The Hall–Kier alpha value is -1.84. The van der Waals surface area contributed by atoms with E-state index in [1.54, 1.807) is 0 Å². The summed E-state index contributed by atoms with van der Waals surface area (Å²) in [5, 5.41) is 16.1. The van der Waals surface area contributed by atoms with Gasteiger partial charge in [0.15, 0.2) is 0 Å². The molecule has 0 unspecified atom stereocenters. The van der Waals surface area contributed by atoms with E-state index in [4.69, 9.17) is 10.2 Å². The second-order valence-corrected chi connectivity index (χ2v) is 2.80. The maximum absolute atomic E-state index is 9.79. The average Bonchev–Trinajstić information content (AvgIpc) is 2.20. The molecule has 1 aromatic carbocycles. The van der Waals surface area contributed by atoms with Crippen molar-refractivity contribution < 1.29 is 19.8 Å². The number of aliphatic carboxylic acids is 2. The van der Waals surface area contributed by atoms with Crippen LogP contribution < -0.4 is 0 Å². The molecule has 1 aromatic rings. The van der Waals surface area contributed by atoms with Crippen LogP contribution >= 0.6 is 0 Å². The van der Waals surface area contributed by atoms with Gasteiger partial charge in [-0.3, -0.25) is 9.59 Å². The summed E-state index contributed by atoms with van der Waals surface area (Å²) in [5.74, 6) is -1.90. The summed E-state index contributed by atoms with van der Waals surface area (Å²) in [6, 6.07) is 12.0. The summed E-state index contributed by atoms with van der Waals surface area (Å²) in [4.78, 5) is 19.6. The van der Waals surface area contributed by atoms with Crippen molar-refractivity contribution in [1.82, 2.24) is 0 Å². The predicted molar refractivity (Wildman–Crippen MR) is 55.6 cm³/mol. The molecule has 0 aliphatic rings. The first-order valence-corrected chi connectivity index (χ1v) is 4.56. The lowest BCUT2D eigenvalue weighted by atomic mass is 10.2. The van der Waals surface area contributed by atoms with Crippen molar-refractivity contribution in [2.45, 2.75) is 19.3 Å². The minimum absolute atomic E-state index is 0.0632. The molecule has 1 rings (SSSR count). The molecule has 0 fully saturated rings. The van der Waals surface area contributed by atoms with Crippen molar-refractivity contribution in [2.75, 3.05) is 0 Å². The van der Waals surface area contributed by atoms with Crippen LogP contribution in [0.15, 0.2) is 36.4 Å². The first-order valence-electron chi connectivity index (χ1n) is 4.56. The standard InChI is InChI=1S/C6H6.C5H8O4/c1-2-4-6-5-3-1;6-4(7)2-1-3-5(8)9/h1-6H;1-3H2,(H,6,7)(H,8,9). The van der Waals surface area contributed by atoms with Gasteiger partial charge in [-0.2, -0.15) is 0 Å². The highest BCUT2D eigenvalue weighted by atomic mass is 16.4. The molecule has 0 radical (unpaired) electrons. The molecule has 0 heterocycles. The van der Waals surface area contributed by atoms with Gasteiger partial charge in [0, 0.05) is 12.8 Å². The van der Waals surface area contributed by atoms with Crippen LogP contribution in [-0.4, -0.2) is 22.2 Å². The number of carbonyl (C=O) groups is 2. The Morgan fingerprint density at radius 1 is 0.733 bits per heavy atom. The van der Waals surface area contributed by atoms with E-state index in [1.165, 1.54) is 0 Å². The first-order chi connectivity index (χ1) is 7.13. The maximum Gasteiger partial charge on any atom is 0.303 e. The molecule has 0 spiro atoms. The largest absolute Gasteiger partial charge is 0.481 e. The zero-order chi connectivity index (χ0) is 11.5. The van der Waals surface area contributed by atoms with Crippen molar-refractivity contribution in [2.24, 2.45) is 0 Å². The highest BCUT2D eigenvalue weighted by molar-refractivity contribution is 5.69. The molecule has 0 bridgehead atoms. The van der Waals surface area contributed by atoms with Gasteiger partial charge in [-0.25, -0.2) is 0 Å². The second kappa shape index (κ2) is 8.74. The van der Waals surface area contributed by atoms with E-state index in [0.29, 0.717) is 0 Å². The van der Waals surface area contributed by atoms with Gasteiger partial charge in [0.25, 0.3) is 0 Å². The Bertz CT molecular complexity index is 241. The summed E-state index contributed by atoms with van der Waals surface area (Å²) < 4.78 is 0. The van der Waals surface area contributed by atoms with Gasteiger partial charge in [-0.05, 0) is 6.42 Å². The van der Waals surface area contributed by atoms with E-state index < -0.39 is 11.9 Å². The molecular formula is C11H14O4. The van der Waals surface area contributed by atoms with Gasteiger partial charge in [0.1, 0.15) is 0 Å². The van der Waals surface area contributed by atoms with Crippen molar-refractivity contribution in [3.8, 4) is 0 Å². The van der Waals surface area contributed by atoms with Crippen molar-refractivity contribution >= 4 is 11.9 Å². The lowest BCUT2D eigenvalue weighted by molar-refractivity contribution is -0.138. The molecule has 4 nitrogen and oxygen atoms in total. The van der Waals surface area contributed by atoms with Gasteiger partial charge >= 0.3 is 11.9 Å². The van der Waals surface area contributed by atoms with Gasteiger partial charge in [0.05, 0.1) is 0 Å². The zero-order valence-electron chi connectivity index (χ0n) is 8.30. The van der Waals surface area contributed by atoms with Gasteiger partial charge < -0.3 is 10.2 Å². The first kappa shape index (κ1) is 13.2. The van der Waals surface area contributed by atoms with Crippen LogP contribution in [0.3, 0.4) is 0 Å². The molecule has 0 aliphatic carbocycles. The molecule has 0 aromatic heterocycles. The highest BCUT2D eigenvalue weighted by Crippen LogP contribution is 1.93. The number of hydrogen-bond donors (Lipinski definition) is 2. The molecule has 0 saturated heterocycles. The van der Waals surface area contributed by atoms with Crippen molar-refractivity contribution in [3.63, 3.8) is 0 Å². The fourth-order valence-corrected chi connectivity index (χ4v) is 0.776. The molecular weight excluding hydrogens is 196 g/mol. The third-order valence-corrected chi connectivity index (χ3v) is 1.45. The molecule has 82 valence electrons. The third-order valence-electron chi connectivity index (χ3n) is 1.45. The number of benzene rings is 1. The number of hydrogen-bond acceptors (Lipinski definition) is 2. The van der Waals surface area contributed by atoms with E-state index in [0.717, 1.165) is 0 Å². The van der Waals surface area contributed by atoms with Crippen LogP contribution in [0, 0.1) is 0 Å². The third kappa shape index (κ3) is 12.2. The molecule has 0 aliphatic heterocycles. The van der Waals surface area contributed by atoms with Gasteiger partial charge in [-0.1, -0.05) is 36.4 Å². The quantitative estimate of drug-likeness (QED) is 0.797. The SMILES string of the molecule is O=C(O)CCCC(=O)O.c1ccccc1. The van der Waals surface area contributed by atoms with E-state index in [-0.39, 0.29) is 19.3 Å². The summed E-state index contributed by atoms with van der Waals surface area (Å²) in [7, 11) is 0. The monoisotopic (exact) mass is 210 g/mol. The second-order valence-electron chi connectivity index (χ2n) is 2.80. The summed E-state index contributed by atoms with van der Waals surface area (Å²) >= 11 is 0. The molecule has 0 amide bonds. The maximum atomic E-state index is 9.79. The topological polar surface area (TPSA) is 74.6 Å². The minimum Gasteiger partial charge on any atom is -0.481 e. The fourth-order valence-electron chi connectivity index (χ4n) is 0.776. The van der Waals surface area contributed by atoms with Crippen LogP contribution in [0.2, 0.25) is 0 Å². The molecule has 2 N–H and O–H groups in total. The number of rotatable bonds is 4. The molecule has 4 heteroatoms. The van der Waals surface area contributed by atoms with E-state index in [9.17, 15) is 9.59 Å². The normalized spacial score (nSPS) is 8.53. The van der Waals surface area contributed by atoms with Crippen LogP contribution in [0.4, 0.5) is 0 Å². The molecule has 0 atom stereocenters. The number of carboxylic acids is 2. The summed E-state index contributed by atoms with van der Waals surface area (Å²) in [6.45, 7) is 0. The lowest BCUT2D eigenvalue weighted by Gasteiger charge is -1.89. The molecule has 15 heavy (non-hydrogen) atoms. The average molecular weight is 210 g/mol. The highest BCUT2D eigenvalue weighted by Gasteiger charge is 1.99. The van der Waals surface area contributed by atoms with E-state index >= 15 is 0 Å². The van der Waals surface area contributed by atoms with Crippen LogP contribution in [0.5, 0.6) is 0 Å². The van der Waals surface area contributed by atoms with E-state index in [2.05, 4.69) is 0 Å². The minimum atomic E-state index is -0.948. The Morgan fingerprint density at radius 3 is 1.20 bits per heavy atom. The predicted octanol–water partition coefficient (Wildman–Crippen LogP) is 2.01. The Balaban J connectivity index is 0.000000280. The Labute approximate surface area is 88.2 Å². The zero-order valence-corrected chi connectivity index (χ0v) is 8.30. The van der Waals surface area contributed by atoms with Gasteiger partial charge in [-0.15, -0.1) is 0 Å². The smallest absolute Gasteiger partial charge is 0.303 e. The van der Waals surface area contributed by atoms with Crippen LogP contribution in [0.25, 0.3) is 0 Å². The van der Waals surface area contributed by atoms with Crippen molar-refractivity contribution in [1.29, 1.82) is 0 Å².